The highest BCUT2D eigenvalue weighted by Crippen LogP contribution is 2.19. The van der Waals surface area contributed by atoms with Gasteiger partial charge in [0, 0.05) is 29.9 Å². The molecule has 0 unspecified atom stereocenters. The van der Waals surface area contributed by atoms with Crippen molar-refractivity contribution in [3.05, 3.63) is 64.7 Å². The molecule has 19 heavy (non-hydrogen) atoms. The number of aryl methyl sites for hydroxylation is 1. The molecule has 0 aliphatic rings. The van der Waals surface area contributed by atoms with Gasteiger partial charge >= 0.3 is 0 Å². The molecule has 0 heterocycles. The fraction of sp³-hybridized carbons (Fsp3) is 0.143. The first-order valence-electron chi connectivity index (χ1n) is 5.61. The van der Waals surface area contributed by atoms with Crippen LogP contribution in [0.25, 0.3) is 0 Å². The molecule has 1 N–H and O–H groups in total. The molecule has 0 aliphatic heterocycles. The van der Waals surface area contributed by atoms with Crippen molar-refractivity contribution < 1.29 is 17.6 Å². The standard InChI is InChI=1S/C14H11F4N/c1-8-2-3-11(15)9(4-8)7-19-10-5-12(16)14(18)13(17)6-10/h2-6,19H,7H2,1H3. The Hall–Kier alpha value is -2.04. The van der Waals surface area contributed by atoms with Gasteiger partial charge in [0.15, 0.2) is 17.5 Å². The normalized spacial score (nSPS) is 10.6. The predicted octanol–water partition coefficient (Wildman–Crippen LogP) is 4.16. The third kappa shape index (κ3) is 3.05. The molecular formula is C14H11F4N. The molecule has 0 aliphatic carbocycles. The molecule has 0 bridgehead atoms. The Morgan fingerprint density at radius 1 is 0.895 bits per heavy atom. The minimum atomic E-state index is -1.52. The molecule has 0 saturated heterocycles. The SMILES string of the molecule is Cc1ccc(F)c(CNc2cc(F)c(F)c(F)c2)c1. The van der Waals surface area contributed by atoms with Crippen molar-refractivity contribution in [2.45, 2.75) is 13.5 Å². The van der Waals surface area contributed by atoms with Gasteiger partial charge in [0.2, 0.25) is 0 Å². The Morgan fingerprint density at radius 3 is 2.16 bits per heavy atom. The fourth-order valence-electron chi connectivity index (χ4n) is 1.69. The Kier molecular flexibility index (Phi) is 3.74. The summed E-state index contributed by atoms with van der Waals surface area (Å²) in [6, 6.07) is 6.21. The van der Waals surface area contributed by atoms with Crippen LogP contribution < -0.4 is 5.32 Å². The summed E-state index contributed by atoms with van der Waals surface area (Å²) in [5.74, 6) is -4.51. The van der Waals surface area contributed by atoms with E-state index >= 15 is 0 Å². The zero-order valence-electron chi connectivity index (χ0n) is 10.1. The van der Waals surface area contributed by atoms with E-state index in [9.17, 15) is 17.6 Å². The number of anilines is 1. The average molecular weight is 269 g/mol. The van der Waals surface area contributed by atoms with Crippen LogP contribution in [-0.4, -0.2) is 0 Å². The molecule has 0 amide bonds. The highest BCUT2D eigenvalue weighted by Gasteiger charge is 2.10. The minimum absolute atomic E-state index is 0.0531. The van der Waals surface area contributed by atoms with E-state index in [1.54, 1.807) is 19.1 Å². The Balaban J connectivity index is 2.17. The Bertz CT molecular complexity index is 587. The van der Waals surface area contributed by atoms with Crippen molar-refractivity contribution in [2.24, 2.45) is 0 Å². The maximum atomic E-state index is 13.4. The lowest BCUT2D eigenvalue weighted by Crippen LogP contribution is -2.04. The van der Waals surface area contributed by atoms with Gasteiger partial charge in [-0.05, 0) is 13.0 Å². The number of halogens is 4. The fourth-order valence-corrected chi connectivity index (χ4v) is 1.69. The minimum Gasteiger partial charge on any atom is -0.381 e. The van der Waals surface area contributed by atoms with E-state index < -0.39 is 23.3 Å². The van der Waals surface area contributed by atoms with Crippen molar-refractivity contribution >= 4 is 5.69 Å². The van der Waals surface area contributed by atoms with E-state index in [2.05, 4.69) is 5.32 Å². The molecule has 2 rings (SSSR count). The van der Waals surface area contributed by atoms with Crippen LogP contribution in [0, 0.1) is 30.2 Å². The summed E-state index contributed by atoms with van der Waals surface area (Å²) in [6.45, 7) is 1.86. The van der Waals surface area contributed by atoms with E-state index in [0.717, 1.165) is 17.7 Å². The first-order valence-corrected chi connectivity index (χ1v) is 5.61. The van der Waals surface area contributed by atoms with Gasteiger partial charge in [-0.2, -0.15) is 0 Å². The number of rotatable bonds is 3. The molecule has 1 nitrogen and oxygen atoms in total. The second kappa shape index (κ2) is 5.30. The average Bonchev–Trinajstić information content (AvgIpc) is 2.37. The molecular weight excluding hydrogens is 258 g/mol. The van der Waals surface area contributed by atoms with E-state index in [1.807, 2.05) is 0 Å². The lowest BCUT2D eigenvalue weighted by molar-refractivity contribution is 0.447. The zero-order valence-corrected chi connectivity index (χ0v) is 10.1. The molecule has 100 valence electrons. The quantitative estimate of drug-likeness (QED) is 0.651. The molecule has 2 aromatic rings. The Labute approximate surface area is 107 Å². The number of hydrogen-bond donors (Lipinski definition) is 1. The topological polar surface area (TPSA) is 12.0 Å². The van der Waals surface area contributed by atoms with Crippen LogP contribution in [0.3, 0.4) is 0 Å². The predicted molar refractivity (Wildman–Crippen MR) is 64.8 cm³/mol. The van der Waals surface area contributed by atoms with Crippen molar-refractivity contribution in [1.29, 1.82) is 0 Å². The summed E-state index contributed by atoms with van der Waals surface area (Å²) >= 11 is 0. The van der Waals surface area contributed by atoms with Crippen LogP contribution in [0.4, 0.5) is 23.2 Å². The van der Waals surface area contributed by atoms with Gasteiger partial charge in [-0.15, -0.1) is 0 Å². The van der Waals surface area contributed by atoms with Crippen molar-refractivity contribution in [2.75, 3.05) is 5.32 Å². The second-order valence-electron chi connectivity index (χ2n) is 4.20. The zero-order chi connectivity index (χ0) is 14.0. The molecule has 2 aromatic carbocycles. The second-order valence-corrected chi connectivity index (χ2v) is 4.20. The summed E-state index contributed by atoms with van der Waals surface area (Å²) in [5.41, 5.74) is 1.29. The lowest BCUT2D eigenvalue weighted by Gasteiger charge is -2.09. The van der Waals surface area contributed by atoms with E-state index in [0.29, 0.717) is 5.56 Å². The summed E-state index contributed by atoms with van der Waals surface area (Å²) in [6.07, 6.45) is 0. The van der Waals surface area contributed by atoms with Gasteiger partial charge in [0.25, 0.3) is 0 Å². The maximum Gasteiger partial charge on any atom is 0.194 e. The highest BCUT2D eigenvalue weighted by molar-refractivity contribution is 5.45. The van der Waals surface area contributed by atoms with Crippen LogP contribution >= 0.6 is 0 Å². The molecule has 5 heteroatoms. The molecule has 0 radical (unpaired) electrons. The number of benzene rings is 2. The van der Waals surface area contributed by atoms with Crippen LogP contribution in [0.15, 0.2) is 30.3 Å². The number of hydrogen-bond acceptors (Lipinski definition) is 1. The third-order valence-corrected chi connectivity index (χ3v) is 2.67. The van der Waals surface area contributed by atoms with Crippen molar-refractivity contribution in [3.8, 4) is 0 Å². The maximum absolute atomic E-state index is 13.4. The van der Waals surface area contributed by atoms with Crippen molar-refractivity contribution in [1.82, 2.24) is 0 Å². The Morgan fingerprint density at radius 2 is 1.53 bits per heavy atom. The summed E-state index contributed by atoms with van der Waals surface area (Å²) in [4.78, 5) is 0. The number of nitrogens with one attached hydrogen (secondary N) is 1. The van der Waals surface area contributed by atoms with Gasteiger partial charge in [0.1, 0.15) is 5.82 Å². The summed E-state index contributed by atoms with van der Waals surface area (Å²) in [7, 11) is 0. The molecule has 0 atom stereocenters. The van der Waals surface area contributed by atoms with Crippen LogP contribution in [0.1, 0.15) is 11.1 Å². The van der Waals surface area contributed by atoms with Gasteiger partial charge in [-0.1, -0.05) is 17.7 Å². The smallest absolute Gasteiger partial charge is 0.194 e. The third-order valence-electron chi connectivity index (χ3n) is 2.67. The largest absolute Gasteiger partial charge is 0.381 e. The highest BCUT2D eigenvalue weighted by atomic mass is 19.2. The van der Waals surface area contributed by atoms with E-state index in [-0.39, 0.29) is 12.2 Å². The van der Waals surface area contributed by atoms with Crippen LogP contribution in [0.5, 0.6) is 0 Å². The molecule has 0 fully saturated rings. The summed E-state index contributed by atoms with van der Waals surface area (Å²) in [5, 5.41) is 2.65. The van der Waals surface area contributed by atoms with E-state index in [4.69, 9.17) is 0 Å². The molecule has 0 saturated carbocycles. The first kappa shape index (κ1) is 13.4. The molecule has 0 spiro atoms. The van der Waals surface area contributed by atoms with Gasteiger partial charge < -0.3 is 5.32 Å². The van der Waals surface area contributed by atoms with Gasteiger partial charge in [0.05, 0.1) is 0 Å². The van der Waals surface area contributed by atoms with Crippen molar-refractivity contribution in [3.63, 3.8) is 0 Å². The summed E-state index contributed by atoms with van der Waals surface area (Å²) < 4.78 is 52.2. The molecule has 0 aromatic heterocycles. The van der Waals surface area contributed by atoms with Gasteiger partial charge in [-0.25, -0.2) is 17.6 Å². The van der Waals surface area contributed by atoms with E-state index in [1.165, 1.54) is 6.07 Å². The van der Waals surface area contributed by atoms with Crippen LogP contribution in [0.2, 0.25) is 0 Å². The monoisotopic (exact) mass is 269 g/mol. The first-order chi connectivity index (χ1) is 8.97. The lowest BCUT2D eigenvalue weighted by atomic mass is 10.1. The van der Waals surface area contributed by atoms with Gasteiger partial charge in [-0.3, -0.25) is 0 Å². The van der Waals surface area contributed by atoms with Crippen LogP contribution in [-0.2, 0) is 6.54 Å².